The van der Waals surface area contributed by atoms with Crippen molar-refractivity contribution in [3.05, 3.63) is 11.8 Å². The second-order valence-corrected chi connectivity index (χ2v) is 2.74. The molecule has 0 saturated heterocycles. The van der Waals surface area contributed by atoms with Gasteiger partial charge in [-0.1, -0.05) is 0 Å². The molecular formula is C8H10O3. The van der Waals surface area contributed by atoms with Crippen molar-refractivity contribution in [3.63, 3.8) is 0 Å². The van der Waals surface area contributed by atoms with E-state index in [0.717, 1.165) is 0 Å². The van der Waals surface area contributed by atoms with E-state index in [1.54, 1.807) is 0 Å². The SMILES string of the molecule is CC(C)OC1=CC(=O)CC1=O. The summed E-state index contributed by atoms with van der Waals surface area (Å²) < 4.78 is 5.08. The number of carbonyl (C=O) groups is 2. The first-order valence-electron chi connectivity index (χ1n) is 3.54. The summed E-state index contributed by atoms with van der Waals surface area (Å²) in [7, 11) is 0. The van der Waals surface area contributed by atoms with Crippen molar-refractivity contribution >= 4 is 11.6 Å². The van der Waals surface area contributed by atoms with E-state index in [0.29, 0.717) is 0 Å². The molecule has 0 N–H and O–H groups in total. The van der Waals surface area contributed by atoms with Gasteiger partial charge in [0.15, 0.2) is 11.5 Å². The van der Waals surface area contributed by atoms with Crippen molar-refractivity contribution in [1.29, 1.82) is 0 Å². The highest BCUT2D eigenvalue weighted by Gasteiger charge is 2.23. The molecule has 0 amide bonds. The molecule has 0 aliphatic heterocycles. The molecule has 0 spiro atoms. The molecule has 3 nitrogen and oxygen atoms in total. The van der Waals surface area contributed by atoms with Crippen LogP contribution in [0.5, 0.6) is 0 Å². The van der Waals surface area contributed by atoms with Gasteiger partial charge in [0.2, 0.25) is 5.78 Å². The van der Waals surface area contributed by atoms with Crippen molar-refractivity contribution in [3.8, 4) is 0 Å². The Morgan fingerprint density at radius 3 is 2.45 bits per heavy atom. The molecule has 0 aromatic heterocycles. The maximum Gasteiger partial charge on any atom is 0.205 e. The Labute approximate surface area is 65.0 Å². The molecule has 0 radical (unpaired) electrons. The van der Waals surface area contributed by atoms with Gasteiger partial charge in [-0.3, -0.25) is 9.59 Å². The topological polar surface area (TPSA) is 43.4 Å². The standard InChI is InChI=1S/C8H10O3/c1-5(2)11-8-4-6(9)3-7(8)10/h4-5H,3H2,1-2H3. The van der Waals surface area contributed by atoms with Crippen molar-refractivity contribution in [2.45, 2.75) is 26.4 Å². The molecule has 0 fully saturated rings. The Morgan fingerprint density at radius 2 is 2.09 bits per heavy atom. The molecule has 1 aliphatic carbocycles. The summed E-state index contributed by atoms with van der Waals surface area (Å²) in [5, 5.41) is 0. The lowest BCUT2D eigenvalue weighted by atomic mass is 10.3. The molecule has 1 rings (SSSR count). The lowest BCUT2D eigenvalue weighted by Gasteiger charge is -2.07. The highest BCUT2D eigenvalue weighted by Crippen LogP contribution is 2.13. The van der Waals surface area contributed by atoms with Crippen molar-refractivity contribution < 1.29 is 14.3 Å². The Hall–Kier alpha value is -1.12. The third-order valence-electron chi connectivity index (χ3n) is 1.26. The first kappa shape index (κ1) is 7.98. The molecule has 60 valence electrons. The van der Waals surface area contributed by atoms with Crippen LogP contribution < -0.4 is 0 Å². The fourth-order valence-electron chi connectivity index (χ4n) is 0.877. The number of hydrogen-bond acceptors (Lipinski definition) is 3. The monoisotopic (exact) mass is 154 g/mol. The number of hydrogen-bond donors (Lipinski definition) is 0. The van der Waals surface area contributed by atoms with E-state index >= 15 is 0 Å². The molecule has 11 heavy (non-hydrogen) atoms. The minimum atomic E-state index is -0.205. The van der Waals surface area contributed by atoms with E-state index in [2.05, 4.69) is 0 Å². The third-order valence-corrected chi connectivity index (χ3v) is 1.26. The van der Waals surface area contributed by atoms with E-state index < -0.39 is 0 Å². The first-order valence-corrected chi connectivity index (χ1v) is 3.54. The van der Waals surface area contributed by atoms with Crippen LogP contribution in [0.1, 0.15) is 20.3 Å². The maximum absolute atomic E-state index is 10.9. The first-order chi connectivity index (χ1) is 5.09. The lowest BCUT2D eigenvalue weighted by molar-refractivity contribution is -0.122. The maximum atomic E-state index is 10.9. The van der Waals surface area contributed by atoms with Crippen LogP contribution in [0.3, 0.4) is 0 Å². The quantitative estimate of drug-likeness (QED) is 0.553. The molecular weight excluding hydrogens is 144 g/mol. The van der Waals surface area contributed by atoms with Crippen LogP contribution in [-0.4, -0.2) is 17.7 Å². The minimum Gasteiger partial charge on any atom is -0.487 e. The molecule has 3 heteroatoms. The highest BCUT2D eigenvalue weighted by atomic mass is 16.5. The number of ether oxygens (including phenoxy) is 1. The fourth-order valence-corrected chi connectivity index (χ4v) is 0.877. The average molecular weight is 154 g/mol. The molecule has 0 aromatic rings. The smallest absolute Gasteiger partial charge is 0.205 e. The molecule has 0 unspecified atom stereocenters. The average Bonchev–Trinajstić information content (AvgIpc) is 2.09. The molecule has 0 heterocycles. The molecule has 0 bridgehead atoms. The summed E-state index contributed by atoms with van der Waals surface area (Å²) in [6.07, 6.45) is 1.20. The van der Waals surface area contributed by atoms with Gasteiger partial charge in [0, 0.05) is 6.08 Å². The second kappa shape index (κ2) is 2.86. The Balaban J connectivity index is 2.64. The van der Waals surface area contributed by atoms with E-state index in [9.17, 15) is 9.59 Å². The zero-order chi connectivity index (χ0) is 8.43. The number of Topliss-reactive ketones (excluding diaryl/α,β-unsaturated/α-hetero) is 1. The van der Waals surface area contributed by atoms with Crippen molar-refractivity contribution in [2.24, 2.45) is 0 Å². The number of allylic oxidation sites excluding steroid dienone is 2. The van der Waals surface area contributed by atoms with Gasteiger partial charge in [-0.25, -0.2) is 0 Å². The van der Waals surface area contributed by atoms with Crippen LogP contribution >= 0.6 is 0 Å². The third kappa shape index (κ3) is 1.90. The largest absolute Gasteiger partial charge is 0.487 e. The van der Waals surface area contributed by atoms with Gasteiger partial charge in [-0.15, -0.1) is 0 Å². The van der Waals surface area contributed by atoms with Crippen molar-refractivity contribution in [2.75, 3.05) is 0 Å². The van der Waals surface area contributed by atoms with Crippen LogP contribution in [0, 0.1) is 0 Å². The number of carbonyl (C=O) groups excluding carboxylic acids is 2. The van der Waals surface area contributed by atoms with Gasteiger partial charge in [0.25, 0.3) is 0 Å². The summed E-state index contributed by atoms with van der Waals surface area (Å²) in [4.78, 5) is 21.6. The second-order valence-electron chi connectivity index (χ2n) is 2.74. The van der Waals surface area contributed by atoms with Crippen LogP contribution in [0.2, 0.25) is 0 Å². The summed E-state index contributed by atoms with van der Waals surface area (Å²) in [5.41, 5.74) is 0. The van der Waals surface area contributed by atoms with E-state index in [4.69, 9.17) is 4.74 Å². The van der Waals surface area contributed by atoms with Gasteiger partial charge in [0.1, 0.15) is 0 Å². The highest BCUT2D eigenvalue weighted by molar-refractivity contribution is 6.18. The zero-order valence-corrected chi connectivity index (χ0v) is 6.59. The van der Waals surface area contributed by atoms with E-state index in [1.807, 2.05) is 13.8 Å². The summed E-state index contributed by atoms with van der Waals surface area (Å²) in [6.45, 7) is 3.63. The number of ketones is 2. The van der Waals surface area contributed by atoms with Crippen LogP contribution in [0.4, 0.5) is 0 Å². The van der Waals surface area contributed by atoms with Gasteiger partial charge in [-0.05, 0) is 13.8 Å². The van der Waals surface area contributed by atoms with Crippen molar-refractivity contribution in [1.82, 2.24) is 0 Å². The summed E-state index contributed by atoms with van der Waals surface area (Å²) in [6, 6.07) is 0. The van der Waals surface area contributed by atoms with Crippen LogP contribution in [0.25, 0.3) is 0 Å². The van der Waals surface area contributed by atoms with Crippen LogP contribution in [0.15, 0.2) is 11.8 Å². The van der Waals surface area contributed by atoms with Crippen LogP contribution in [-0.2, 0) is 14.3 Å². The molecule has 0 saturated carbocycles. The fraction of sp³-hybridized carbons (Fsp3) is 0.500. The Morgan fingerprint density at radius 1 is 1.45 bits per heavy atom. The molecule has 1 aliphatic rings. The Bertz CT molecular complexity index is 225. The van der Waals surface area contributed by atoms with Gasteiger partial charge in [0.05, 0.1) is 12.5 Å². The normalized spacial score (nSPS) is 17.5. The molecule has 0 atom stereocenters. The van der Waals surface area contributed by atoms with E-state index in [-0.39, 0.29) is 29.9 Å². The van der Waals surface area contributed by atoms with E-state index in [1.165, 1.54) is 6.08 Å². The van der Waals surface area contributed by atoms with Gasteiger partial charge < -0.3 is 4.74 Å². The van der Waals surface area contributed by atoms with Gasteiger partial charge >= 0.3 is 0 Å². The summed E-state index contributed by atoms with van der Waals surface area (Å²) >= 11 is 0. The Kier molecular flexibility index (Phi) is 2.08. The van der Waals surface area contributed by atoms with Gasteiger partial charge in [-0.2, -0.15) is 0 Å². The minimum absolute atomic E-state index is 0.0257. The summed E-state index contributed by atoms with van der Waals surface area (Å²) in [5.74, 6) is -0.153. The number of rotatable bonds is 2. The lowest BCUT2D eigenvalue weighted by Crippen LogP contribution is -2.07. The predicted molar refractivity (Wildman–Crippen MR) is 38.9 cm³/mol. The molecule has 0 aromatic carbocycles. The zero-order valence-electron chi connectivity index (χ0n) is 6.59. The predicted octanol–water partition coefficient (Wildman–Crippen LogP) is 0.837.